The van der Waals surface area contributed by atoms with Gasteiger partial charge in [0.15, 0.2) is 0 Å². The number of sulfonamides is 1. The van der Waals surface area contributed by atoms with Crippen LogP contribution in [0.3, 0.4) is 0 Å². The number of hydrogen-bond donors (Lipinski definition) is 1. The summed E-state index contributed by atoms with van der Waals surface area (Å²) in [6.45, 7) is 1.20. The highest BCUT2D eigenvalue weighted by Crippen LogP contribution is 2.23. The van der Waals surface area contributed by atoms with E-state index in [1.54, 1.807) is 6.07 Å². The lowest BCUT2D eigenvalue weighted by Gasteiger charge is -2.16. The Labute approximate surface area is 111 Å². The number of aromatic nitrogens is 1. The summed E-state index contributed by atoms with van der Waals surface area (Å²) >= 11 is 0. The molecule has 1 fully saturated rings. The van der Waals surface area contributed by atoms with E-state index in [-0.39, 0.29) is 16.8 Å². The van der Waals surface area contributed by atoms with Crippen molar-refractivity contribution in [1.82, 2.24) is 4.98 Å². The first-order valence-corrected chi connectivity index (χ1v) is 7.28. The van der Waals surface area contributed by atoms with Gasteiger partial charge in [0, 0.05) is 19.3 Å². The average Bonchev–Trinajstić information content (AvgIpc) is 2.86. The first kappa shape index (κ1) is 13.8. The number of carbonyl (C=O) groups excluding carboxylic acids is 1. The van der Waals surface area contributed by atoms with Crippen LogP contribution in [0.2, 0.25) is 0 Å². The molecule has 1 aliphatic heterocycles. The fourth-order valence-electron chi connectivity index (χ4n) is 2.06. The molecule has 0 aliphatic carbocycles. The maximum Gasteiger partial charge on any atom is 0.310 e. The van der Waals surface area contributed by atoms with Gasteiger partial charge in [-0.05, 0) is 18.6 Å². The van der Waals surface area contributed by atoms with Gasteiger partial charge in [-0.25, -0.2) is 18.5 Å². The molecule has 1 unspecified atom stereocenters. The van der Waals surface area contributed by atoms with Crippen LogP contribution in [0.5, 0.6) is 0 Å². The number of nitrogens with two attached hydrogens (primary N) is 1. The normalized spacial score (nSPS) is 19.5. The molecule has 0 aromatic carbocycles. The van der Waals surface area contributed by atoms with E-state index in [2.05, 4.69) is 4.98 Å². The zero-order chi connectivity index (χ0) is 14.0. The van der Waals surface area contributed by atoms with Crippen molar-refractivity contribution in [3.63, 3.8) is 0 Å². The van der Waals surface area contributed by atoms with Crippen molar-refractivity contribution in [3.8, 4) is 0 Å². The molecule has 2 rings (SSSR count). The molecule has 0 saturated carbocycles. The predicted molar refractivity (Wildman–Crippen MR) is 67.9 cm³/mol. The van der Waals surface area contributed by atoms with Crippen LogP contribution in [-0.2, 0) is 19.6 Å². The van der Waals surface area contributed by atoms with E-state index in [0.29, 0.717) is 25.3 Å². The third kappa shape index (κ3) is 3.02. The number of ether oxygens (including phenoxy) is 1. The molecule has 0 bridgehead atoms. The van der Waals surface area contributed by atoms with Crippen LogP contribution in [0.25, 0.3) is 0 Å². The summed E-state index contributed by atoms with van der Waals surface area (Å²) in [5.41, 5.74) is 0. The Bertz CT molecular complexity index is 570. The van der Waals surface area contributed by atoms with E-state index in [9.17, 15) is 13.2 Å². The third-order valence-corrected chi connectivity index (χ3v) is 3.99. The van der Waals surface area contributed by atoms with E-state index in [1.807, 2.05) is 4.90 Å². The van der Waals surface area contributed by atoms with E-state index in [0.717, 1.165) is 0 Å². The Morgan fingerprint density at radius 2 is 2.26 bits per heavy atom. The fourth-order valence-corrected chi connectivity index (χ4v) is 2.51. The highest BCUT2D eigenvalue weighted by Gasteiger charge is 2.29. The van der Waals surface area contributed by atoms with Gasteiger partial charge in [0.25, 0.3) is 0 Å². The number of methoxy groups -OCH3 is 1. The van der Waals surface area contributed by atoms with E-state index in [4.69, 9.17) is 9.88 Å². The Kier molecular flexibility index (Phi) is 3.72. The van der Waals surface area contributed by atoms with Crippen LogP contribution < -0.4 is 10.0 Å². The number of rotatable bonds is 3. The lowest BCUT2D eigenvalue weighted by molar-refractivity contribution is -0.144. The second-order valence-corrected chi connectivity index (χ2v) is 5.91. The SMILES string of the molecule is COC(=O)C1CCN(c2ccc(S(N)(=O)=O)cn2)C1. The summed E-state index contributed by atoms with van der Waals surface area (Å²) in [6.07, 6.45) is 1.92. The van der Waals surface area contributed by atoms with Crippen molar-refractivity contribution in [2.45, 2.75) is 11.3 Å². The molecule has 1 saturated heterocycles. The van der Waals surface area contributed by atoms with Gasteiger partial charge in [-0.1, -0.05) is 0 Å². The number of pyridine rings is 1. The van der Waals surface area contributed by atoms with Gasteiger partial charge in [-0.3, -0.25) is 4.79 Å². The van der Waals surface area contributed by atoms with E-state index in [1.165, 1.54) is 19.4 Å². The van der Waals surface area contributed by atoms with Crippen molar-refractivity contribution in [1.29, 1.82) is 0 Å². The summed E-state index contributed by atoms with van der Waals surface area (Å²) in [5.74, 6) is 0.229. The van der Waals surface area contributed by atoms with Crippen molar-refractivity contribution in [2.24, 2.45) is 11.1 Å². The lowest BCUT2D eigenvalue weighted by Crippen LogP contribution is -2.24. The second-order valence-electron chi connectivity index (χ2n) is 4.35. The number of hydrogen-bond acceptors (Lipinski definition) is 6. The fraction of sp³-hybridized carbons (Fsp3) is 0.455. The van der Waals surface area contributed by atoms with Gasteiger partial charge in [0.2, 0.25) is 10.0 Å². The summed E-state index contributed by atoms with van der Waals surface area (Å²) in [4.78, 5) is 17.4. The molecule has 0 spiro atoms. The van der Waals surface area contributed by atoms with Crippen LogP contribution in [0, 0.1) is 5.92 Å². The molecule has 1 aliphatic rings. The Morgan fingerprint density at radius 1 is 1.53 bits per heavy atom. The van der Waals surface area contributed by atoms with Gasteiger partial charge in [-0.2, -0.15) is 0 Å². The summed E-state index contributed by atoms with van der Waals surface area (Å²) < 4.78 is 26.9. The summed E-state index contributed by atoms with van der Waals surface area (Å²) in [5, 5.41) is 5.00. The number of carbonyl (C=O) groups is 1. The molecule has 1 aromatic heterocycles. The van der Waals surface area contributed by atoms with Crippen molar-refractivity contribution in [3.05, 3.63) is 18.3 Å². The highest BCUT2D eigenvalue weighted by molar-refractivity contribution is 7.89. The molecule has 2 N–H and O–H groups in total. The first-order valence-electron chi connectivity index (χ1n) is 5.73. The number of esters is 1. The molecule has 0 amide bonds. The van der Waals surface area contributed by atoms with Gasteiger partial charge < -0.3 is 9.64 Å². The Hall–Kier alpha value is -1.67. The minimum Gasteiger partial charge on any atom is -0.469 e. The van der Waals surface area contributed by atoms with Crippen LogP contribution in [0.1, 0.15) is 6.42 Å². The monoisotopic (exact) mass is 285 g/mol. The standard InChI is InChI=1S/C11H15N3O4S/c1-18-11(15)8-4-5-14(7-8)10-3-2-9(6-13-10)19(12,16)17/h2-3,6,8H,4-5,7H2,1H3,(H2,12,16,17). The predicted octanol–water partition coefficient (Wildman–Crippen LogP) is -0.272. The molecule has 104 valence electrons. The van der Waals surface area contributed by atoms with Crippen molar-refractivity contribution < 1.29 is 17.9 Å². The lowest BCUT2D eigenvalue weighted by atomic mass is 10.1. The minimum absolute atomic E-state index is 0.0278. The zero-order valence-corrected chi connectivity index (χ0v) is 11.3. The highest BCUT2D eigenvalue weighted by atomic mass is 32.2. The molecule has 1 atom stereocenters. The van der Waals surface area contributed by atoms with Crippen LogP contribution in [0.15, 0.2) is 23.2 Å². The van der Waals surface area contributed by atoms with Crippen LogP contribution in [-0.4, -0.2) is 39.6 Å². The molecule has 19 heavy (non-hydrogen) atoms. The average molecular weight is 285 g/mol. The van der Waals surface area contributed by atoms with Gasteiger partial charge in [0.1, 0.15) is 10.7 Å². The minimum atomic E-state index is -3.73. The quantitative estimate of drug-likeness (QED) is 0.767. The van der Waals surface area contributed by atoms with E-state index < -0.39 is 10.0 Å². The summed E-state index contributed by atoms with van der Waals surface area (Å²) in [6, 6.07) is 2.99. The van der Waals surface area contributed by atoms with Crippen molar-refractivity contribution >= 4 is 21.8 Å². The molecular weight excluding hydrogens is 270 g/mol. The first-order chi connectivity index (χ1) is 8.91. The Morgan fingerprint density at radius 3 is 2.79 bits per heavy atom. The van der Waals surface area contributed by atoms with E-state index >= 15 is 0 Å². The van der Waals surface area contributed by atoms with Crippen molar-refractivity contribution in [2.75, 3.05) is 25.1 Å². The maximum absolute atomic E-state index is 11.4. The molecular formula is C11H15N3O4S. The number of primary sulfonamides is 1. The number of nitrogens with zero attached hydrogens (tertiary/aromatic N) is 2. The number of anilines is 1. The topological polar surface area (TPSA) is 103 Å². The van der Waals surface area contributed by atoms with Gasteiger partial charge >= 0.3 is 5.97 Å². The van der Waals surface area contributed by atoms with Gasteiger partial charge in [-0.15, -0.1) is 0 Å². The molecule has 0 radical (unpaired) electrons. The molecule has 7 nitrogen and oxygen atoms in total. The smallest absolute Gasteiger partial charge is 0.310 e. The molecule has 8 heteroatoms. The van der Waals surface area contributed by atoms with Crippen LogP contribution >= 0.6 is 0 Å². The second kappa shape index (κ2) is 5.14. The maximum atomic E-state index is 11.4. The molecule has 2 heterocycles. The third-order valence-electron chi connectivity index (χ3n) is 3.10. The molecule has 1 aromatic rings. The largest absolute Gasteiger partial charge is 0.469 e. The van der Waals surface area contributed by atoms with Crippen LogP contribution in [0.4, 0.5) is 5.82 Å². The zero-order valence-electron chi connectivity index (χ0n) is 10.4. The van der Waals surface area contributed by atoms with Gasteiger partial charge in [0.05, 0.1) is 13.0 Å². The Balaban J connectivity index is 2.10. The summed E-state index contributed by atoms with van der Waals surface area (Å²) in [7, 11) is -2.36.